The summed E-state index contributed by atoms with van der Waals surface area (Å²) < 4.78 is 2.00. The van der Waals surface area contributed by atoms with Gasteiger partial charge >= 0.3 is 0 Å². The van der Waals surface area contributed by atoms with Gasteiger partial charge in [-0.1, -0.05) is 6.07 Å². The van der Waals surface area contributed by atoms with Crippen LogP contribution in [0.2, 0.25) is 0 Å². The van der Waals surface area contributed by atoms with Crippen molar-refractivity contribution in [3.63, 3.8) is 0 Å². The number of piperazine rings is 2. The van der Waals surface area contributed by atoms with Gasteiger partial charge in [0, 0.05) is 71.5 Å². The third kappa shape index (κ3) is 5.39. The van der Waals surface area contributed by atoms with Gasteiger partial charge in [0.05, 0.1) is 6.54 Å². The highest BCUT2D eigenvalue weighted by atomic mass is 35.5. The van der Waals surface area contributed by atoms with Gasteiger partial charge in [0.25, 0.3) is 0 Å². The number of hydrogen-bond donors (Lipinski definition) is 1. The average molecular weight is 442 g/mol. The first kappa shape index (κ1) is 23.4. The molecule has 0 aliphatic carbocycles. The summed E-state index contributed by atoms with van der Waals surface area (Å²) in [6.07, 6.45) is 5.56. The Morgan fingerprint density at radius 3 is 2.55 bits per heavy atom. The first-order chi connectivity index (χ1) is 13.2. The minimum Gasteiger partial charge on any atom is -0.354 e. The quantitative estimate of drug-likeness (QED) is 0.761. The number of rotatable bonds is 4. The van der Waals surface area contributed by atoms with Gasteiger partial charge in [0.15, 0.2) is 0 Å². The zero-order valence-electron chi connectivity index (χ0n) is 16.6. The minimum absolute atomic E-state index is 0. The summed E-state index contributed by atoms with van der Waals surface area (Å²) in [4.78, 5) is 28.4. The van der Waals surface area contributed by atoms with Crippen molar-refractivity contribution in [3.8, 4) is 0 Å². The predicted octanol–water partition coefficient (Wildman–Crippen LogP) is 0.954. The number of amides is 1. The minimum atomic E-state index is 0. The summed E-state index contributed by atoms with van der Waals surface area (Å²) in [5, 5.41) is 3.39. The zero-order chi connectivity index (χ0) is 18.6. The highest BCUT2D eigenvalue weighted by Gasteiger charge is 2.31. The molecular formula is C19H29Cl2N7O. The fourth-order valence-corrected chi connectivity index (χ4v) is 3.89. The van der Waals surface area contributed by atoms with Crippen LogP contribution in [0.15, 0.2) is 36.8 Å². The van der Waals surface area contributed by atoms with E-state index in [1.165, 1.54) is 0 Å². The van der Waals surface area contributed by atoms with Gasteiger partial charge in [-0.2, -0.15) is 0 Å². The molecule has 2 saturated heterocycles. The Hall–Kier alpha value is -1.87. The summed E-state index contributed by atoms with van der Waals surface area (Å²) in [5.74, 6) is 2.15. The lowest BCUT2D eigenvalue weighted by Crippen LogP contribution is -2.54. The molecule has 2 aliphatic rings. The lowest BCUT2D eigenvalue weighted by atomic mass is 10.1. The average Bonchev–Trinajstić information content (AvgIpc) is 3.15. The summed E-state index contributed by atoms with van der Waals surface area (Å²) in [5.41, 5.74) is 0. The van der Waals surface area contributed by atoms with E-state index in [-0.39, 0.29) is 36.8 Å². The van der Waals surface area contributed by atoms with E-state index in [4.69, 9.17) is 0 Å². The van der Waals surface area contributed by atoms with Crippen LogP contribution >= 0.6 is 24.8 Å². The van der Waals surface area contributed by atoms with E-state index in [0.29, 0.717) is 6.54 Å². The van der Waals surface area contributed by atoms with E-state index in [1.54, 1.807) is 6.20 Å². The van der Waals surface area contributed by atoms with Crippen LogP contribution in [-0.2, 0) is 11.8 Å². The number of carbonyl (C=O) groups excluding carboxylic acids is 1. The number of anilines is 1. The number of imidazole rings is 1. The van der Waals surface area contributed by atoms with Crippen LogP contribution in [0.5, 0.6) is 0 Å². The lowest BCUT2D eigenvalue weighted by Gasteiger charge is -2.39. The Labute approximate surface area is 184 Å². The Morgan fingerprint density at radius 2 is 1.90 bits per heavy atom. The molecule has 1 N–H and O–H groups in total. The van der Waals surface area contributed by atoms with Crippen molar-refractivity contribution in [1.82, 2.24) is 29.7 Å². The number of aryl methyl sites for hydroxylation is 1. The molecule has 2 fully saturated rings. The monoisotopic (exact) mass is 441 g/mol. The first-order valence-electron chi connectivity index (χ1n) is 9.58. The van der Waals surface area contributed by atoms with Gasteiger partial charge < -0.3 is 19.7 Å². The molecule has 8 nitrogen and oxygen atoms in total. The number of pyridine rings is 1. The van der Waals surface area contributed by atoms with Crippen LogP contribution in [0.3, 0.4) is 0 Å². The Balaban J connectivity index is 0.00000150. The third-order valence-electron chi connectivity index (χ3n) is 5.42. The predicted molar refractivity (Wildman–Crippen MR) is 118 cm³/mol. The zero-order valence-corrected chi connectivity index (χ0v) is 18.2. The molecule has 2 aliphatic heterocycles. The molecule has 29 heavy (non-hydrogen) atoms. The van der Waals surface area contributed by atoms with E-state index < -0.39 is 0 Å². The van der Waals surface area contributed by atoms with Crippen LogP contribution in [0.4, 0.5) is 5.82 Å². The molecule has 0 aromatic carbocycles. The Kier molecular flexibility index (Phi) is 8.70. The van der Waals surface area contributed by atoms with Crippen molar-refractivity contribution in [2.75, 3.05) is 57.3 Å². The summed E-state index contributed by atoms with van der Waals surface area (Å²) in [7, 11) is 1.98. The van der Waals surface area contributed by atoms with Gasteiger partial charge in [0.1, 0.15) is 17.7 Å². The van der Waals surface area contributed by atoms with Gasteiger partial charge in [-0.3, -0.25) is 9.69 Å². The molecule has 2 aromatic rings. The molecule has 0 radical (unpaired) electrons. The van der Waals surface area contributed by atoms with Gasteiger partial charge in [0.2, 0.25) is 5.91 Å². The maximum absolute atomic E-state index is 13.0. The normalized spacial score (nSPS) is 20.0. The number of hydrogen-bond acceptors (Lipinski definition) is 6. The summed E-state index contributed by atoms with van der Waals surface area (Å²) >= 11 is 0. The second kappa shape index (κ2) is 10.8. The molecule has 10 heteroatoms. The molecule has 4 rings (SSSR count). The molecule has 0 spiro atoms. The van der Waals surface area contributed by atoms with E-state index in [2.05, 4.69) is 25.1 Å². The fourth-order valence-electron chi connectivity index (χ4n) is 3.89. The summed E-state index contributed by atoms with van der Waals surface area (Å²) in [6.45, 7) is 6.33. The molecule has 1 unspecified atom stereocenters. The second-order valence-corrected chi connectivity index (χ2v) is 7.15. The lowest BCUT2D eigenvalue weighted by molar-refractivity contribution is -0.136. The van der Waals surface area contributed by atoms with E-state index in [1.807, 2.05) is 47.1 Å². The van der Waals surface area contributed by atoms with Gasteiger partial charge in [-0.05, 0) is 12.1 Å². The number of halogens is 2. The van der Waals surface area contributed by atoms with Crippen molar-refractivity contribution in [3.05, 3.63) is 42.6 Å². The van der Waals surface area contributed by atoms with Crippen molar-refractivity contribution >= 4 is 36.5 Å². The molecule has 0 saturated carbocycles. The Morgan fingerprint density at radius 1 is 1.10 bits per heavy atom. The molecule has 2 aromatic heterocycles. The topological polar surface area (TPSA) is 69.5 Å². The smallest absolute Gasteiger partial charge is 0.237 e. The van der Waals surface area contributed by atoms with Crippen LogP contribution in [0, 0.1) is 0 Å². The number of aromatic nitrogens is 3. The van der Waals surface area contributed by atoms with Crippen molar-refractivity contribution in [2.45, 2.75) is 6.04 Å². The molecular weight excluding hydrogens is 413 g/mol. The molecule has 160 valence electrons. The maximum Gasteiger partial charge on any atom is 0.237 e. The molecule has 1 atom stereocenters. The number of carbonyl (C=O) groups is 1. The first-order valence-corrected chi connectivity index (χ1v) is 9.58. The largest absolute Gasteiger partial charge is 0.354 e. The summed E-state index contributed by atoms with van der Waals surface area (Å²) in [6, 6.07) is 5.99. The van der Waals surface area contributed by atoms with Crippen LogP contribution in [0.1, 0.15) is 11.9 Å². The SMILES string of the molecule is Cl.Cl.Cn1ccnc1C1CNCCN1C(=O)CN1CCN(c2ccccn2)CC1. The van der Waals surface area contributed by atoms with Gasteiger partial charge in [-0.15, -0.1) is 24.8 Å². The van der Waals surface area contributed by atoms with E-state index >= 15 is 0 Å². The van der Waals surface area contributed by atoms with Crippen molar-refractivity contribution in [1.29, 1.82) is 0 Å². The third-order valence-corrected chi connectivity index (χ3v) is 5.42. The second-order valence-electron chi connectivity index (χ2n) is 7.15. The van der Waals surface area contributed by atoms with Crippen molar-refractivity contribution < 1.29 is 4.79 Å². The fraction of sp³-hybridized carbons (Fsp3) is 0.526. The van der Waals surface area contributed by atoms with Crippen molar-refractivity contribution in [2.24, 2.45) is 7.05 Å². The van der Waals surface area contributed by atoms with Gasteiger partial charge in [-0.25, -0.2) is 9.97 Å². The molecule has 1 amide bonds. The maximum atomic E-state index is 13.0. The Bertz CT molecular complexity index is 765. The number of nitrogens with zero attached hydrogens (tertiary/aromatic N) is 6. The standard InChI is InChI=1S/C19H27N7O.2ClH/c1-23-8-7-22-19(23)16-14-20-6-9-26(16)18(27)15-24-10-12-25(13-11-24)17-4-2-3-5-21-17;;/h2-5,7-8,16,20H,6,9-15H2,1H3;2*1H. The number of nitrogens with one attached hydrogen (secondary N) is 1. The molecule has 4 heterocycles. The van der Waals surface area contributed by atoms with E-state index in [9.17, 15) is 4.79 Å². The highest BCUT2D eigenvalue weighted by Crippen LogP contribution is 2.21. The molecule has 0 bridgehead atoms. The van der Waals surface area contributed by atoms with E-state index in [0.717, 1.165) is 57.5 Å². The highest BCUT2D eigenvalue weighted by molar-refractivity contribution is 5.85. The van der Waals surface area contributed by atoms with Crippen LogP contribution < -0.4 is 10.2 Å². The van der Waals surface area contributed by atoms with Crippen LogP contribution in [-0.4, -0.2) is 82.6 Å². The van der Waals surface area contributed by atoms with Crippen LogP contribution in [0.25, 0.3) is 0 Å².